The quantitative estimate of drug-likeness (QED) is 0.638. The van der Waals surface area contributed by atoms with Crippen LogP contribution in [-0.4, -0.2) is 19.1 Å². The number of benzene rings is 1. The molecule has 1 aromatic rings. The summed E-state index contributed by atoms with van der Waals surface area (Å²) >= 11 is 5.96. The van der Waals surface area contributed by atoms with Gasteiger partial charge in [0.2, 0.25) is 0 Å². The molecule has 1 aliphatic carbocycles. The van der Waals surface area contributed by atoms with Gasteiger partial charge in [0.1, 0.15) is 6.07 Å². The fourth-order valence-corrected chi connectivity index (χ4v) is 2.89. The molecule has 0 saturated heterocycles. The predicted molar refractivity (Wildman–Crippen MR) is 84.1 cm³/mol. The van der Waals surface area contributed by atoms with Crippen LogP contribution < -0.4 is 10.6 Å². The van der Waals surface area contributed by atoms with Gasteiger partial charge in [0, 0.05) is 24.2 Å². The molecule has 3 nitrogen and oxygen atoms in total. The van der Waals surface area contributed by atoms with E-state index >= 15 is 0 Å². The van der Waals surface area contributed by atoms with Crippen LogP contribution in [0.2, 0.25) is 5.02 Å². The number of anilines is 1. The molecule has 0 spiro atoms. The highest BCUT2D eigenvalue weighted by Gasteiger charge is 2.10. The summed E-state index contributed by atoms with van der Waals surface area (Å²) in [6.07, 6.45) is 8.03. The van der Waals surface area contributed by atoms with Crippen LogP contribution in [0.5, 0.6) is 0 Å². The highest BCUT2D eigenvalue weighted by atomic mass is 35.5. The molecule has 0 radical (unpaired) electrons. The Morgan fingerprint density at radius 1 is 1.15 bits per heavy atom. The van der Waals surface area contributed by atoms with E-state index in [0.717, 1.165) is 18.8 Å². The second-order valence-corrected chi connectivity index (χ2v) is 5.81. The summed E-state index contributed by atoms with van der Waals surface area (Å²) in [6, 6.07) is 8.15. The Kier molecular flexibility index (Phi) is 6.17. The van der Waals surface area contributed by atoms with Crippen LogP contribution in [-0.2, 0) is 0 Å². The maximum absolute atomic E-state index is 9.05. The van der Waals surface area contributed by atoms with E-state index in [9.17, 15) is 0 Å². The smallest absolute Gasteiger partial charge is 0.101 e. The second kappa shape index (κ2) is 8.14. The lowest BCUT2D eigenvalue weighted by Gasteiger charge is -2.17. The Labute approximate surface area is 126 Å². The van der Waals surface area contributed by atoms with Crippen LogP contribution in [0.3, 0.4) is 0 Å². The highest BCUT2D eigenvalue weighted by Crippen LogP contribution is 2.20. The van der Waals surface area contributed by atoms with Gasteiger partial charge in [-0.3, -0.25) is 0 Å². The van der Waals surface area contributed by atoms with Crippen LogP contribution in [0.15, 0.2) is 18.2 Å². The first-order valence-corrected chi connectivity index (χ1v) is 7.84. The summed E-state index contributed by atoms with van der Waals surface area (Å²) in [6.45, 7) is 1.73. The van der Waals surface area contributed by atoms with Crippen molar-refractivity contribution in [3.8, 4) is 6.07 Å². The average molecular weight is 292 g/mol. The van der Waals surface area contributed by atoms with Gasteiger partial charge in [0.15, 0.2) is 0 Å². The molecular formula is C16H22ClN3. The van der Waals surface area contributed by atoms with Crippen LogP contribution in [0, 0.1) is 11.3 Å². The van der Waals surface area contributed by atoms with Crippen LogP contribution in [0.25, 0.3) is 0 Å². The van der Waals surface area contributed by atoms with E-state index in [1.165, 1.54) is 38.5 Å². The highest BCUT2D eigenvalue weighted by molar-refractivity contribution is 6.30. The van der Waals surface area contributed by atoms with E-state index in [2.05, 4.69) is 16.7 Å². The third-order valence-electron chi connectivity index (χ3n) is 3.83. The molecule has 0 bridgehead atoms. The van der Waals surface area contributed by atoms with Crippen molar-refractivity contribution < 1.29 is 0 Å². The molecular weight excluding hydrogens is 270 g/mol. The first-order chi connectivity index (χ1) is 9.79. The number of nitrogens with zero attached hydrogens (tertiary/aromatic N) is 1. The van der Waals surface area contributed by atoms with E-state index < -0.39 is 0 Å². The van der Waals surface area contributed by atoms with E-state index in [1.807, 2.05) is 6.07 Å². The van der Waals surface area contributed by atoms with Crippen LogP contribution in [0.1, 0.15) is 44.1 Å². The van der Waals surface area contributed by atoms with E-state index in [0.29, 0.717) is 16.6 Å². The maximum atomic E-state index is 9.05. The summed E-state index contributed by atoms with van der Waals surface area (Å²) in [5.41, 5.74) is 1.46. The molecule has 2 N–H and O–H groups in total. The predicted octanol–water partition coefficient (Wildman–Crippen LogP) is 3.94. The minimum absolute atomic E-state index is 0.642. The van der Waals surface area contributed by atoms with Gasteiger partial charge in [-0.05, 0) is 31.0 Å². The topological polar surface area (TPSA) is 47.9 Å². The summed E-state index contributed by atoms with van der Waals surface area (Å²) in [5.74, 6) is 0. The zero-order valence-electron chi connectivity index (χ0n) is 11.8. The molecule has 1 fully saturated rings. The number of halogens is 1. The lowest BCUT2D eigenvalue weighted by atomic mass is 10.1. The van der Waals surface area contributed by atoms with Crippen LogP contribution >= 0.6 is 11.6 Å². The molecule has 0 aromatic heterocycles. The van der Waals surface area contributed by atoms with Gasteiger partial charge in [-0.1, -0.05) is 37.3 Å². The molecule has 0 aliphatic heterocycles. The molecule has 4 heteroatoms. The fraction of sp³-hybridized carbons (Fsp3) is 0.562. The monoisotopic (exact) mass is 291 g/mol. The third-order valence-corrected chi connectivity index (χ3v) is 4.07. The summed E-state index contributed by atoms with van der Waals surface area (Å²) in [4.78, 5) is 0. The number of hydrogen-bond donors (Lipinski definition) is 2. The Balaban J connectivity index is 1.75. The van der Waals surface area contributed by atoms with Gasteiger partial charge in [-0.2, -0.15) is 5.26 Å². The number of hydrogen-bond acceptors (Lipinski definition) is 3. The average Bonchev–Trinajstić information content (AvgIpc) is 2.72. The Morgan fingerprint density at radius 3 is 2.60 bits per heavy atom. The normalized spacial score (nSPS) is 16.4. The number of rotatable bonds is 5. The molecule has 0 atom stereocenters. The van der Waals surface area contributed by atoms with Gasteiger partial charge in [-0.15, -0.1) is 0 Å². The fourth-order valence-electron chi connectivity index (χ4n) is 2.72. The van der Waals surface area contributed by atoms with E-state index in [1.54, 1.807) is 12.1 Å². The summed E-state index contributed by atoms with van der Waals surface area (Å²) in [7, 11) is 0. The third kappa shape index (κ3) is 4.70. The molecule has 2 rings (SSSR count). The van der Waals surface area contributed by atoms with Gasteiger partial charge >= 0.3 is 0 Å². The molecule has 1 aromatic carbocycles. The van der Waals surface area contributed by atoms with Crippen molar-refractivity contribution in [3.05, 3.63) is 28.8 Å². The zero-order valence-corrected chi connectivity index (χ0v) is 12.5. The van der Waals surface area contributed by atoms with Crippen molar-refractivity contribution >= 4 is 17.3 Å². The minimum atomic E-state index is 0.642. The minimum Gasteiger partial charge on any atom is -0.383 e. The van der Waals surface area contributed by atoms with Crippen molar-refractivity contribution in [2.75, 3.05) is 18.4 Å². The standard InChI is InChI=1S/C16H22ClN3/c17-14-8-7-13(12-18)16(11-14)20-10-9-19-15-5-3-1-2-4-6-15/h7-8,11,15,19-20H,1-6,9-10H2. The lowest BCUT2D eigenvalue weighted by Crippen LogP contribution is -2.32. The number of nitriles is 1. The Hall–Kier alpha value is -1.24. The van der Waals surface area contributed by atoms with Gasteiger partial charge in [0.05, 0.1) is 11.3 Å². The first kappa shape index (κ1) is 15.2. The van der Waals surface area contributed by atoms with Crippen LogP contribution in [0.4, 0.5) is 5.69 Å². The molecule has 0 unspecified atom stereocenters. The van der Waals surface area contributed by atoms with E-state index in [4.69, 9.17) is 16.9 Å². The molecule has 1 saturated carbocycles. The molecule has 0 amide bonds. The molecule has 0 heterocycles. The van der Waals surface area contributed by atoms with Crippen molar-refractivity contribution in [1.29, 1.82) is 5.26 Å². The van der Waals surface area contributed by atoms with Crippen molar-refractivity contribution in [2.45, 2.75) is 44.6 Å². The van der Waals surface area contributed by atoms with Gasteiger partial charge < -0.3 is 10.6 Å². The van der Waals surface area contributed by atoms with Gasteiger partial charge in [-0.25, -0.2) is 0 Å². The van der Waals surface area contributed by atoms with Crippen molar-refractivity contribution in [2.24, 2.45) is 0 Å². The van der Waals surface area contributed by atoms with Crippen molar-refractivity contribution in [3.63, 3.8) is 0 Å². The SMILES string of the molecule is N#Cc1ccc(Cl)cc1NCCNC1CCCCCC1. The zero-order chi connectivity index (χ0) is 14.2. The Bertz CT molecular complexity index is 459. The first-order valence-electron chi connectivity index (χ1n) is 7.46. The Morgan fingerprint density at radius 2 is 1.90 bits per heavy atom. The number of nitrogens with one attached hydrogen (secondary N) is 2. The second-order valence-electron chi connectivity index (χ2n) is 5.37. The lowest BCUT2D eigenvalue weighted by molar-refractivity contribution is 0.468. The maximum Gasteiger partial charge on any atom is 0.101 e. The molecule has 1 aliphatic rings. The van der Waals surface area contributed by atoms with Crippen molar-refractivity contribution in [1.82, 2.24) is 5.32 Å². The molecule has 108 valence electrons. The largest absolute Gasteiger partial charge is 0.383 e. The van der Waals surface area contributed by atoms with E-state index in [-0.39, 0.29) is 0 Å². The van der Waals surface area contributed by atoms with Gasteiger partial charge in [0.25, 0.3) is 0 Å². The molecule has 20 heavy (non-hydrogen) atoms. The summed E-state index contributed by atoms with van der Waals surface area (Å²) in [5, 5.41) is 16.6. The summed E-state index contributed by atoms with van der Waals surface area (Å²) < 4.78 is 0.